The molecule has 0 fully saturated rings. The van der Waals surface area contributed by atoms with E-state index in [2.05, 4.69) is 5.32 Å². The van der Waals surface area contributed by atoms with Gasteiger partial charge in [-0.3, -0.25) is 5.32 Å². The molecule has 1 aromatic carbocycles. The monoisotopic (exact) mass is 252 g/mol. The van der Waals surface area contributed by atoms with Crippen LogP contribution in [-0.2, 0) is 4.74 Å². The van der Waals surface area contributed by atoms with E-state index in [1.54, 1.807) is 20.8 Å². The minimum absolute atomic E-state index is 0.00950. The third-order valence-corrected chi connectivity index (χ3v) is 1.93. The molecule has 0 atom stereocenters. The number of carboxylic acids is 1. The third-order valence-electron chi connectivity index (χ3n) is 1.93. The van der Waals surface area contributed by atoms with Crippen molar-refractivity contribution in [2.75, 3.05) is 11.1 Å². The number of nitrogens with two attached hydrogens (primary N) is 1. The first-order chi connectivity index (χ1) is 8.19. The average Bonchev–Trinajstić information content (AvgIpc) is 2.13. The van der Waals surface area contributed by atoms with Gasteiger partial charge in [-0.25, -0.2) is 9.59 Å². The molecule has 0 aromatic heterocycles. The number of carbonyl (C=O) groups excluding carboxylic acids is 1. The molecular formula is C12H16N2O4. The maximum Gasteiger partial charge on any atom is 0.412 e. The first-order valence-corrected chi connectivity index (χ1v) is 5.32. The van der Waals surface area contributed by atoms with E-state index in [-0.39, 0.29) is 11.3 Å². The smallest absolute Gasteiger partial charge is 0.412 e. The van der Waals surface area contributed by atoms with E-state index in [1.807, 2.05) is 0 Å². The summed E-state index contributed by atoms with van der Waals surface area (Å²) in [5.41, 5.74) is 5.40. The molecule has 1 aromatic rings. The number of carbonyl (C=O) groups is 2. The number of carboxylic acid groups (broad SMARTS) is 1. The maximum absolute atomic E-state index is 11.5. The molecule has 0 radical (unpaired) electrons. The van der Waals surface area contributed by atoms with Gasteiger partial charge in [-0.15, -0.1) is 0 Å². The van der Waals surface area contributed by atoms with Crippen molar-refractivity contribution in [3.63, 3.8) is 0 Å². The van der Waals surface area contributed by atoms with Crippen LogP contribution in [0.5, 0.6) is 0 Å². The van der Waals surface area contributed by atoms with Crippen LogP contribution in [0, 0.1) is 0 Å². The molecular weight excluding hydrogens is 236 g/mol. The Balaban J connectivity index is 2.78. The van der Waals surface area contributed by atoms with Gasteiger partial charge in [0.05, 0.1) is 5.56 Å². The van der Waals surface area contributed by atoms with Gasteiger partial charge >= 0.3 is 12.1 Å². The lowest BCUT2D eigenvalue weighted by molar-refractivity contribution is 0.0634. The second kappa shape index (κ2) is 4.95. The van der Waals surface area contributed by atoms with Gasteiger partial charge in [-0.05, 0) is 39.0 Å². The summed E-state index contributed by atoms with van der Waals surface area (Å²) in [6.45, 7) is 5.23. The SMILES string of the molecule is CC(C)(C)OC(=O)Nc1ccc(C(=O)O)c(N)c1. The van der Waals surface area contributed by atoms with Crippen molar-refractivity contribution in [3.8, 4) is 0 Å². The Morgan fingerprint density at radius 2 is 1.94 bits per heavy atom. The van der Waals surface area contributed by atoms with Gasteiger partial charge in [0, 0.05) is 11.4 Å². The Labute approximate surface area is 105 Å². The summed E-state index contributed by atoms with van der Waals surface area (Å²) in [7, 11) is 0. The van der Waals surface area contributed by atoms with Gasteiger partial charge in [-0.1, -0.05) is 0 Å². The van der Waals surface area contributed by atoms with Crippen LogP contribution in [-0.4, -0.2) is 22.8 Å². The highest BCUT2D eigenvalue weighted by atomic mass is 16.6. The largest absolute Gasteiger partial charge is 0.478 e. The summed E-state index contributed by atoms with van der Waals surface area (Å²) in [5.74, 6) is -1.11. The van der Waals surface area contributed by atoms with E-state index >= 15 is 0 Å². The highest BCUT2D eigenvalue weighted by Crippen LogP contribution is 2.19. The van der Waals surface area contributed by atoms with Crippen molar-refractivity contribution >= 4 is 23.4 Å². The second-order valence-electron chi connectivity index (χ2n) is 4.73. The Morgan fingerprint density at radius 3 is 2.39 bits per heavy atom. The summed E-state index contributed by atoms with van der Waals surface area (Å²) in [6.07, 6.45) is -0.620. The molecule has 6 nitrogen and oxygen atoms in total. The van der Waals surface area contributed by atoms with Crippen LogP contribution >= 0.6 is 0 Å². The Morgan fingerprint density at radius 1 is 1.33 bits per heavy atom. The van der Waals surface area contributed by atoms with Crippen molar-refractivity contribution in [3.05, 3.63) is 23.8 Å². The van der Waals surface area contributed by atoms with Crippen molar-refractivity contribution in [2.24, 2.45) is 0 Å². The van der Waals surface area contributed by atoms with Gasteiger partial charge in [-0.2, -0.15) is 0 Å². The Kier molecular flexibility index (Phi) is 3.80. The molecule has 6 heteroatoms. The number of aromatic carboxylic acids is 1. The number of nitrogen functional groups attached to an aromatic ring is 1. The predicted octanol–water partition coefficient (Wildman–Crippen LogP) is 2.31. The van der Waals surface area contributed by atoms with Crippen molar-refractivity contribution in [1.82, 2.24) is 0 Å². The fraction of sp³-hybridized carbons (Fsp3) is 0.333. The molecule has 0 unspecified atom stereocenters. The number of ether oxygens (including phenoxy) is 1. The number of hydrogen-bond acceptors (Lipinski definition) is 4. The summed E-state index contributed by atoms with van der Waals surface area (Å²) in [4.78, 5) is 22.2. The molecule has 0 saturated heterocycles. The highest BCUT2D eigenvalue weighted by Gasteiger charge is 2.16. The van der Waals surface area contributed by atoms with E-state index < -0.39 is 17.7 Å². The predicted molar refractivity (Wildman–Crippen MR) is 67.7 cm³/mol. The van der Waals surface area contributed by atoms with Crippen molar-refractivity contribution < 1.29 is 19.4 Å². The molecule has 0 aliphatic carbocycles. The normalized spacial score (nSPS) is 10.8. The lowest BCUT2D eigenvalue weighted by Gasteiger charge is -2.19. The van der Waals surface area contributed by atoms with Crippen LogP contribution in [0.1, 0.15) is 31.1 Å². The first-order valence-electron chi connectivity index (χ1n) is 5.32. The lowest BCUT2D eigenvalue weighted by atomic mass is 10.1. The van der Waals surface area contributed by atoms with Gasteiger partial charge in [0.2, 0.25) is 0 Å². The quantitative estimate of drug-likeness (QED) is 0.701. The van der Waals surface area contributed by atoms with E-state index in [0.29, 0.717) is 5.69 Å². The minimum atomic E-state index is -1.11. The summed E-state index contributed by atoms with van der Waals surface area (Å²) < 4.78 is 5.05. The molecule has 0 aliphatic rings. The lowest BCUT2D eigenvalue weighted by Crippen LogP contribution is -2.27. The molecule has 4 N–H and O–H groups in total. The van der Waals surface area contributed by atoms with Crippen LogP contribution in [0.3, 0.4) is 0 Å². The van der Waals surface area contributed by atoms with Crippen LogP contribution in [0.15, 0.2) is 18.2 Å². The zero-order valence-electron chi connectivity index (χ0n) is 10.5. The van der Waals surface area contributed by atoms with Crippen LogP contribution < -0.4 is 11.1 Å². The number of benzene rings is 1. The third kappa shape index (κ3) is 3.97. The topological polar surface area (TPSA) is 102 Å². The number of nitrogens with one attached hydrogen (secondary N) is 1. The first kappa shape index (κ1) is 13.8. The molecule has 0 bridgehead atoms. The zero-order valence-corrected chi connectivity index (χ0v) is 10.5. The standard InChI is InChI=1S/C12H16N2O4/c1-12(2,3)18-11(17)14-7-4-5-8(10(15)16)9(13)6-7/h4-6H,13H2,1-3H3,(H,14,17)(H,15,16). The molecule has 18 heavy (non-hydrogen) atoms. The Hall–Kier alpha value is -2.24. The van der Waals surface area contributed by atoms with Crippen LogP contribution in [0.4, 0.5) is 16.2 Å². The van der Waals surface area contributed by atoms with E-state index in [0.717, 1.165) is 0 Å². The van der Waals surface area contributed by atoms with Crippen LogP contribution in [0.2, 0.25) is 0 Å². The Bertz CT molecular complexity index is 477. The molecule has 1 amide bonds. The van der Waals surface area contributed by atoms with Gasteiger partial charge in [0.1, 0.15) is 5.60 Å². The van der Waals surface area contributed by atoms with E-state index in [4.69, 9.17) is 15.6 Å². The van der Waals surface area contributed by atoms with Crippen molar-refractivity contribution in [1.29, 1.82) is 0 Å². The average molecular weight is 252 g/mol. The molecule has 98 valence electrons. The number of hydrogen-bond donors (Lipinski definition) is 3. The molecule has 0 heterocycles. The van der Waals surface area contributed by atoms with E-state index in [1.165, 1.54) is 18.2 Å². The number of anilines is 2. The van der Waals surface area contributed by atoms with Crippen LogP contribution in [0.25, 0.3) is 0 Å². The van der Waals surface area contributed by atoms with Gasteiger partial charge < -0.3 is 15.6 Å². The summed E-state index contributed by atoms with van der Waals surface area (Å²) >= 11 is 0. The highest BCUT2D eigenvalue weighted by molar-refractivity contribution is 5.95. The maximum atomic E-state index is 11.5. The summed E-state index contributed by atoms with van der Waals surface area (Å²) in [6, 6.07) is 4.14. The van der Waals surface area contributed by atoms with Gasteiger partial charge in [0.25, 0.3) is 0 Å². The summed E-state index contributed by atoms with van der Waals surface area (Å²) in [5, 5.41) is 11.3. The molecule has 0 aliphatic heterocycles. The van der Waals surface area contributed by atoms with Gasteiger partial charge in [0.15, 0.2) is 0 Å². The number of rotatable bonds is 2. The van der Waals surface area contributed by atoms with Crippen molar-refractivity contribution in [2.45, 2.75) is 26.4 Å². The second-order valence-corrected chi connectivity index (χ2v) is 4.73. The molecule has 0 spiro atoms. The fourth-order valence-electron chi connectivity index (χ4n) is 1.26. The van der Waals surface area contributed by atoms with E-state index in [9.17, 15) is 9.59 Å². The molecule has 1 rings (SSSR count). The zero-order chi connectivity index (χ0) is 13.9. The molecule has 0 saturated carbocycles. The minimum Gasteiger partial charge on any atom is -0.478 e. The fourth-order valence-corrected chi connectivity index (χ4v) is 1.26. The number of amides is 1.